The van der Waals surface area contributed by atoms with Crippen LogP contribution in [0.3, 0.4) is 0 Å². The van der Waals surface area contributed by atoms with Gasteiger partial charge in [-0.25, -0.2) is 0 Å². The molecule has 2 aliphatic heterocycles. The van der Waals surface area contributed by atoms with Crippen LogP contribution in [0.4, 0.5) is 0 Å². The maximum atomic E-state index is 12.3. The van der Waals surface area contributed by atoms with Crippen molar-refractivity contribution in [1.82, 2.24) is 10.2 Å². The summed E-state index contributed by atoms with van der Waals surface area (Å²) in [6.45, 7) is 4.81. The lowest BCUT2D eigenvalue weighted by atomic mass is 10.1. The third-order valence-corrected chi connectivity index (χ3v) is 3.92. The quantitative estimate of drug-likeness (QED) is 0.721. The van der Waals surface area contributed by atoms with Gasteiger partial charge in [-0.15, -0.1) is 0 Å². The number of β-amino-alcohol motifs (C(OH)–C–C–N with tert-alkyl or cyclic N) is 1. The highest BCUT2D eigenvalue weighted by atomic mass is 16.3. The topological polar surface area (TPSA) is 52.6 Å². The van der Waals surface area contributed by atoms with Gasteiger partial charge in [-0.2, -0.15) is 0 Å². The van der Waals surface area contributed by atoms with Gasteiger partial charge in [0.05, 0.1) is 12.1 Å². The maximum Gasteiger partial charge on any atom is 0.240 e. The van der Waals surface area contributed by atoms with E-state index in [0.29, 0.717) is 25.0 Å². The van der Waals surface area contributed by atoms with E-state index in [2.05, 4.69) is 19.2 Å². The summed E-state index contributed by atoms with van der Waals surface area (Å²) in [7, 11) is 0. The second-order valence-corrected chi connectivity index (χ2v) is 5.08. The minimum absolute atomic E-state index is 0.162. The molecule has 16 heavy (non-hydrogen) atoms. The minimum atomic E-state index is -0.355. The number of aliphatic hydroxyl groups excluding tert-OH is 1. The number of aliphatic hydroxyl groups is 1. The molecule has 2 heterocycles. The Morgan fingerprint density at radius 3 is 2.81 bits per heavy atom. The van der Waals surface area contributed by atoms with Crippen LogP contribution in [0.5, 0.6) is 0 Å². The first kappa shape index (κ1) is 11.9. The van der Waals surface area contributed by atoms with E-state index in [1.165, 1.54) is 0 Å². The standard InChI is InChI=1S/C12H22N2O2/c1-3-9-5-4-8(2)14(9)12(16)11-6-10(15)7-13-11/h8-11,13,15H,3-7H2,1-2H3. The van der Waals surface area contributed by atoms with Crippen LogP contribution < -0.4 is 5.32 Å². The van der Waals surface area contributed by atoms with Crippen molar-refractivity contribution >= 4 is 5.91 Å². The summed E-state index contributed by atoms with van der Waals surface area (Å²) in [5.41, 5.74) is 0. The van der Waals surface area contributed by atoms with Crippen LogP contribution in [0.25, 0.3) is 0 Å². The molecule has 92 valence electrons. The summed E-state index contributed by atoms with van der Waals surface area (Å²) in [6, 6.07) is 0.601. The van der Waals surface area contributed by atoms with Gasteiger partial charge in [-0.05, 0) is 32.6 Å². The SMILES string of the molecule is CCC1CCC(C)N1C(=O)C1CC(O)CN1. The van der Waals surface area contributed by atoms with Gasteiger partial charge in [-0.1, -0.05) is 6.92 Å². The number of rotatable bonds is 2. The summed E-state index contributed by atoms with van der Waals surface area (Å²) in [5, 5.41) is 12.6. The Morgan fingerprint density at radius 2 is 2.25 bits per heavy atom. The number of carbonyl (C=O) groups is 1. The second-order valence-electron chi connectivity index (χ2n) is 5.08. The highest BCUT2D eigenvalue weighted by Gasteiger charge is 2.38. The summed E-state index contributed by atoms with van der Waals surface area (Å²) >= 11 is 0. The molecule has 2 N–H and O–H groups in total. The average molecular weight is 226 g/mol. The van der Waals surface area contributed by atoms with Crippen molar-refractivity contribution in [3.8, 4) is 0 Å². The molecule has 0 aromatic heterocycles. The molecular weight excluding hydrogens is 204 g/mol. The molecule has 0 aromatic rings. The number of amides is 1. The number of hydrogen-bond acceptors (Lipinski definition) is 3. The van der Waals surface area contributed by atoms with Crippen LogP contribution in [-0.4, -0.2) is 46.7 Å². The van der Waals surface area contributed by atoms with Gasteiger partial charge in [-0.3, -0.25) is 4.79 Å². The predicted molar refractivity (Wildman–Crippen MR) is 62.0 cm³/mol. The largest absolute Gasteiger partial charge is 0.392 e. The monoisotopic (exact) mass is 226 g/mol. The summed E-state index contributed by atoms with van der Waals surface area (Å²) in [5.74, 6) is 0.188. The number of likely N-dealkylation sites (tertiary alicyclic amines) is 1. The van der Waals surface area contributed by atoms with Crippen LogP contribution in [0.1, 0.15) is 39.5 Å². The Bertz CT molecular complexity index is 270. The van der Waals surface area contributed by atoms with Crippen molar-refractivity contribution in [1.29, 1.82) is 0 Å². The Labute approximate surface area is 97.0 Å². The fourth-order valence-corrected chi connectivity index (χ4v) is 2.95. The van der Waals surface area contributed by atoms with E-state index in [-0.39, 0.29) is 18.1 Å². The molecule has 4 nitrogen and oxygen atoms in total. The molecule has 0 spiro atoms. The van der Waals surface area contributed by atoms with E-state index in [4.69, 9.17) is 0 Å². The van der Waals surface area contributed by atoms with E-state index in [9.17, 15) is 9.90 Å². The van der Waals surface area contributed by atoms with Gasteiger partial charge in [0.25, 0.3) is 0 Å². The third kappa shape index (κ3) is 2.09. The average Bonchev–Trinajstić information content (AvgIpc) is 2.83. The number of nitrogens with zero attached hydrogens (tertiary/aromatic N) is 1. The van der Waals surface area contributed by atoms with E-state index in [1.54, 1.807) is 0 Å². The lowest BCUT2D eigenvalue weighted by Gasteiger charge is -2.30. The van der Waals surface area contributed by atoms with Crippen molar-refractivity contribution in [3.05, 3.63) is 0 Å². The fourth-order valence-electron chi connectivity index (χ4n) is 2.95. The summed E-state index contributed by atoms with van der Waals surface area (Å²) < 4.78 is 0. The van der Waals surface area contributed by atoms with Crippen molar-refractivity contribution in [2.24, 2.45) is 0 Å². The zero-order chi connectivity index (χ0) is 11.7. The van der Waals surface area contributed by atoms with E-state index in [0.717, 1.165) is 19.3 Å². The molecule has 0 saturated carbocycles. The molecule has 0 aromatic carbocycles. The van der Waals surface area contributed by atoms with Crippen LogP contribution in [-0.2, 0) is 4.79 Å². The number of hydrogen-bond donors (Lipinski definition) is 2. The molecule has 4 atom stereocenters. The molecule has 2 saturated heterocycles. The Morgan fingerprint density at radius 1 is 1.50 bits per heavy atom. The molecule has 4 heteroatoms. The smallest absolute Gasteiger partial charge is 0.240 e. The van der Waals surface area contributed by atoms with E-state index < -0.39 is 0 Å². The van der Waals surface area contributed by atoms with Gasteiger partial charge in [0, 0.05) is 18.6 Å². The normalized spacial score (nSPS) is 39.3. The van der Waals surface area contributed by atoms with Gasteiger partial charge < -0.3 is 15.3 Å². The van der Waals surface area contributed by atoms with Crippen molar-refractivity contribution in [3.63, 3.8) is 0 Å². The van der Waals surface area contributed by atoms with Crippen LogP contribution in [0.15, 0.2) is 0 Å². The van der Waals surface area contributed by atoms with Crippen molar-refractivity contribution in [2.75, 3.05) is 6.54 Å². The fraction of sp³-hybridized carbons (Fsp3) is 0.917. The van der Waals surface area contributed by atoms with Crippen LogP contribution in [0, 0.1) is 0 Å². The first-order valence-corrected chi connectivity index (χ1v) is 6.37. The molecule has 0 bridgehead atoms. The van der Waals surface area contributed by atoms with E-state index >= 15 is 0 Å². The zero-order valence-corrected chi connectivity index (χ0v) is 10.1. The third-order valence-electron chi connectivity index (χ3n) is 3.92. The van der Waals surface area contributed by atoms with Crippen LogP contribution in [0.2, 0.25) is 0 Å². The molecule has 0 aliphatic carbocycles. The van der Waals surface area contributed by atoms with Crippen molar-refractivity contribution in [2.45, 2.75) is 63.8 Å². The molecule has 0 radical (unpaired) electrons. The lowest BCUT2D eigenvalue weighted by Crippen LogP contribution is -2.48. The Kier molecular flexibility index (Phi) is 3.50. The molecule has 2 rings (SSSR count). The number of nitrogens with one attached hydrogen (secondary N) is 1. The number of carbonyl (C=O) groups excluding carboxylic acids is 1. The molecular formula is C12H22N2O2. The van der Waals surface area contributed by atoms with Gasteiger partial charge in [0.2, 0.25) is 5.91 Å². The van der Waals surface area contributed by atoms with Gasteiger partial charge >= 0.3 is 0 Å². The minimum Gasteiger partial charge on any atom is -0.392 e. The Balaban J connectivity index is 2.02. The zero-order valence-electron chi connectivity index (χ0n) is 10.1. The first-order chi connectivity index (χ1) is 7.63. The Hall–Kier alpha value is -0.610. The molecule has 4 unspecified atom stereocenters. The maximum absolute atomic E-state index is 12.3. The predicted octanol–water partition coefficient (Wildman–Crippen LogP) is 0.499. The highest BCUT2D eigenvalue weighted by molar-refractivity contribution is 5.83. The highest BCUT2D eigenvalue weighted by Crippen LogP contribution is 2.27. The van der Waals surface area contributed by atoms with Gasteiger partial charge in [0.1, 0.15) is 0 Å². The molecule has 2 fully saturated rings. The van der Waals surface area contributed by atoms with Crippen molar-refractivity contribution < 1.29 is 9.90 Å². The lowest BCUT2D eigenvalue weighted by molar-refractivity contribution is -0.135. The molecule has 2 aliphatic rings. The van der Waals surface area contributed by atoms with Gasteiger partial charge in [0.15, 0.2) is 0 Å². The summed E-state index contributed by atoms with van der Waals surface area (Å²) in [6.07, 6.45) is 3.48. The van der Waals surface area contributed by atoms with Crippen LogP contribution >= 0.6 is 0 Å². The summed E-state index contributed by atoms with van der Waals surface area (Å²) in [4.78, 5) is 14.4. The molecule has 1 amide bonds. The second kappa shape index (κ2) is 4.72. The first-order valence-electron chi connectivity index (χ1n) is 6.37. The van der Waals surface area contributed by atoms with E-state index in [1.807, 2.05) is 4.90 Å².